The molecule has 0 saturated heterocycles. The quantitative estimate of drug-likeness (QED) is 0.580. The summed E-state index contributed by atoms with van der Waals surface area (Å²) in [7, 11) is 1.74. The fourth-order valence-corrected chi connectivity index (χ4v) is 1.38. The third-order valence-electron chi connectivity index (χ3n) is 2.01. The summed E-state index contributed by atoms with van der Waals surface area (Å²) in [6.07, 6.45) is 2.56. The zero-order valence-electron chi connectivity index (χ0n) is 10.0. The molecule has 14 heavy (non-hydrogen) atoms. The van der Waals surface area contributed by atoms with Crippen LogP contribution in [0.25, 0.3) is 0 Å². The molecule has 0 rings (SSSR count). The molecule has 0 saturated carbocycles. The minimum atomic E-state index is 0.343. The normalized spacial score (nSPS) is 13.5. The summed E-state index contributed by atoms with van der Waals surface area (Å²) in [5.74, 6) is 0. The van der Waals surface area contributed by atoms with Crippen LogP contribution in [0.1, 0.15) is 33.6 Å². The standard InChI is InChI=1S/C11H25NO2/c1-5-12-11(9-13-4)7-6-8-14-10(2)3/h10-12H,5-9H2,1-4H3. The van der Waals surface area contributed by atoms with Gasteiger partial charge in [-0.05, 0) is 33.2 Å². The van der Waals surface area contributed by atoms with E-state index in [4.69, 9.17) is 9.47 Å². The lowest BCUT2D eigenvalue weighted by atomic mass is 10.2. The van der Waals surface area contributed by atoms with E-state index >= 15 is 0 Å². The molecule has 0 aliphatic carbocycles. The first-order chi connectivity index (χ1) is 6.70. The highest BCUT2D eigenvalue weighted by Crippen LogP contribution is 2.00. The third-order valence-corrected chi connectivity index (χ3v) is 2.01. The van der Waals surface area contributed by atoms with E-state index in [9.17, 15) is 0 Å². The topological polar surface area (TPSA) is 30.5 Å². The van der Waals surface area contributed by atoms with Gasteiger partial charge < -0.3 is 14.8 Å². The molecular weight excluding hydrogens is 178 g/mol. The summed E-state index contributed by atoms with van der Waals surface area (Å²) in [6, 6.07) is 0.473. The molecule has 0 radical (unpaired) electrons. The molecule has 3 heteroatoms. The Hall–Kier alpha value is -0.120. The Morgan fingerprint density at radius 3 is 2.50 bits per heavy atom. The smallest absolute Gasteiger partial charge is 0.0615 e. The van der Waals surface area contributed by atoms with Crippen LogP contribution in [0.2, 0.25) is 0 Å². The van der Waals surface area contributed by atoms with E-state index in [-0.39, 0.29) is 0 Å². The first-order valence-electron chi connectivity index (χ1n) is 5.54. The van der Waals surface area contributed by atoms with Gasteiger partial charge in [0.2, 0.25) is 0 Å². The monoisotopic (exact) mass is 203 g/mol. The molecule has 1 atom stereocenters. The molecule has 0 heterocycles. The Labute approximate surface area is 88.2 Å². The molecule has 0 spiro atoms. The molecule has 0 aromatic rings. The van der Waals surface area contributed by atoms with Gasteiger partial charge in [-0.15, -0.1) is 0 Å². The molecule has 0 aliphatic heterocycles. The number of hydrogen-bond acceptors (Lipinski definition) is 3. The number of hydrogen-bond donors (Lipinski definition) is 1. The largest absolute Gasteiger partial charge is 0.383 e. The minimum Gasteiger partial charge on any atom is -0.383 e. The second-order valence-corrected chi connectivity index (χ2v) is 3.77. The van der Waals surface area contributed by atoms with Crippen molar-refractivity contribution in [3.8, 4) is 0 Å². The van der Waals surface area contributed by atoms with Crippen LogP contribution in [0, 0.1) is 0 Å². The van der Waals surface area contributed by atoms with Crippen molar-refractivity contribution in [3.63, 3.8) is 0 Å². The summed E-state index contributed by atoms with van der Waals surface area (Å²) < 4.78 is 10.6. The molecule has 0 bridgehead atoms. The van der Waals surface area contributed by atoms with Crippen LogP contribution < -0.4 is 5.32 Å². The van der Waals surface area contributed by atoms with Crippen LogP contribution >= 0.6 is 0 Å². The highest BCUT2D eigenvalue weighted by atomic mass is 16.5. The van der Waals surface area contributed by atoms with Gasteiger partial charge in [-0.3, -0.25) is 0 Å². The van der Waals surface area contributed by atoms with E-state index < -0.39 is 0 Å². The maximum atomic E-state index is 5.48. The highest BCUT2D eigenvalue weighted by molar-refractivity contribution is 4.64. The van der Waals surface area contributed by atoms with Crippen LogP contribution in [0.4, 0.5) is 0 Å². The van der Waals surface area contributed by atoms with Crippen LogP contribution in [0.5, 0.6) is 0 Å². The highest BCUT2D eigenvalue weighted by Gasteiger charge is 2.05. The average molecular weight is 203 g/mol. The SMILES string of the molecule is CCNC(CCCOC(C)C)COC. The first-order valence-corrected chi connectivity index (χ1v) is 5.54. The number of rotatable bonds is 9. The van der Waals surface area contributed by atoms with Crippen LogP contribution in [0.3, 0.4) is 0 Å². The number of likely N-dealkylation sites (N-methyl/N-ethyl adjacent to an activating group) is 1. The Morgan fingerprint density at radius 1 is 1.29 bits per heavy atom. The number of methoxy groups -OCH3 is 1. The predicted octanol–water partition coefficient (Wildman–Crippen LogP) is 1.82. The van der Waals surface area contributed by atoms with E-state index in [0.717, 1.165) is 32.6 Å². The summed E-state index contributed by atoms with van der Waals surface area (Å²) in [6.45, 7) is 8.89. The molecule has 1 unspecified atom stereocenters. The molecule has 0 aromatic heterocycles. The lowest BCUT2D eigenvalue weighted by Gasteiger charge is -2.17. The molecule has 1 N–H and O–H groups in total. The number of ether oxygens (including phenoxy) is 2. The summed E-state index contributed by atoms with van der Waals surface area (Å²) >= 11 is 0. The molecule has 0 aliphatic rings. The molecule has 0 amide bonds. The molecular formula is C11H25NO2. The summed E-state index contributed by atoms with van der Waals surface area (Å²) in [4.78, 5) is 0. The Kier molecular flexibility index (Phi) is 9.35. The van der Waals surface area contributed by atoms with Gasteiger partial charge in [-0.1, -0.05) is 6.92 Å². The van der Waals surface area contributed by atoms with E-state index in [1.54, 1.807) is 7.11 Å². The summed E-state index contributed by atoms with van der Waals surface area (Å²) in [5.41, 5.74) is 0. The average Bonchev–Trinajstić information content (AvgIpc) is 2.12. The van der Waals surface area contributed by atoms with Crippen molar-refractivity contribution < 1.29 is 9.47 Å². The summed E-state index contributed by atoms with van der Waals surface area (Å²) in [5, 5.41) is 3.39. The van der Waals surface area contributed by atoms with E-state index in [1.165, 1.54) is 0 Å². The maximum absolute atomic E-state index is 5.48. The van der Waals surface area contributed by atoms with Gasteiger partial charge in [0.25, 0.3) is 0 Å². The van der Waals surface area contributed by atoms with Crippen LogP contribution in [-0.2, 0) is 9.47 Å². The van der Waals surface area contributed by atoms with Gasteiger partial charge in [0.15, 0.2) is 0 Å². The van der Waals surface area contributed by atoms with Crippen molar-refractivity contribution in [1.82, 2.24) is 5.32 Å². The zero-order chi connectivity index (χ0) is 10.8. The lowest BCUT2D eigenvalue weighted by Crippen LogP contribution is -2.33. The van der Waals surface area contributed by atoms with Crippen molar-refractivity contribution in [1.29, 1.82) is 0 Å². The maximum Gasteiger partial charge on any atom is 0.0615 e. The van der Waals surface area contributed by atoms with E-state index in [1.807, 2.05) is 0 Å². The van der Waals surface area contributed by atoms with E-state index in [0.29, 0.717) is 12.1 Å². The van der Waals surface area contributed by atoms with Gasteiger partial charge in [0.1, 0.15) is 0 Å². The fourth-order valence-electron chi connectivity index (χ4n) is 1.38. The third kappa shape index (κ3) is 8.48. The van der Waals surface area contributed by atoms with Gasteiger partial charge in [-0.2, -0.15) is 0 Å². The molecule has 86 valence electrons. The van der Waals surface area contributed by atoms with Crippen molar-refractivity contribution in [2.24, 2.45) is 0 Å². The molecule has 3 nitrogen and oxygen atoms in total. The Morgan fingerprint density at radius 2 is 2.00 bits per heavy atom. The Balaban J connectivity index is 3.40. The first kappa shape index (κ1) is 13.9. The zero-order valence-corrected chi connectivity index (χ0v) is 10.0. The second-order valence-electron chi connectivity index (χ2n) is 3.77. The number of nitrogens with one attached hydrogen (secondary N) is 1. The van der Waals surface area contributed by atoms with Gasteiger partial charge >= 0.3 is 0 Å². The predicted molar refractivity (Wildman–Crippen MR) is 59.7 cm³/mol. The van der Waals surface area contributed by atoms with Crippen molar-refractivity contribution in [2.75, 3.05) is 26.9 Å². The fraction of sp³-hybridized carbons (Fsp3) is 1.00. The lowest BCUT2D eigenvalue weighted by molar-refractivity contribution is 0.0715. The van der Waals surface area contributed by atoms with Gasteiger partial charge in [0, 0.05) is 19.8 Å². The van der Waals surface area contributed by atoms with Crippen LogP contribution in [0.15, 0.2) is 0 Å². The van der Waals surface area contributed by atoms with Gasteiger partial charge in [-0.25, -0.2) is 0 Å². The minimum absolute atomic E-state index is 0.343. The van der Waals surface area contributed by atoms with Crippen LogP contribution in [-0.4, -0.2) is 39.0 Å². The molecule has 0 aromatic carbocycles. The van der Waals surface area contributed by atoms with Crippen molar-refractivity contribution in [2.45, 2.75) is 45.8 Å². The Bertz CT molecular complexity index is 112. The molecule has 0 fully saturated rings. The van der Waals surface area contributed by atoms with E-state index in [2.05, 4.69) is 26.1 Å². The van der Waals surface area contributed by atoms with Gasteiger partial charge in [0.05, 0.1) is 12.7 Å². The second kappa shape index (κ2) is 9.44. The van der Waals surface area contributed by atoms with Crippen molar-refractivity contribution >= 4 is 0 Å². The van der Waals surface area contributed by atoms with Crippen molar-refractivity contribution in [3.05, 3.63) is 0 Å².